The highest BCUT2D eigenvalue weighted by Gasteiger charge is 2.04. The molecule has 0 aliphatic heterocycles. The Morgan fingerprint density at radius 1 is 1.55 bits per heavy atom. The summed E-state index contributed by atoms with van der Waals surface area (Å²) in [6, 6.07) is 3.82. The van der Waals surface area contributed by atoms with Gasteiger partial charge in [0.25, 0.3) is 0 Å². The van der Waals surface area contributed by atoms with Crippen LogP contribution in [0.3, 0.4) is 0 Å². The van der Waals surface area contributed by atoms with Crippen molar-refractivity contribution in [2.45, 2.75) is 0 Å². The highest BCUT2D eigenvalue weighted by molar-refractivity contribution is 6.09. The van der Waals surface area contributed by atoms with Crippen LogP contribution in [0.4, 0.5) is 5.69 Å². The number of phenolic OH excluding ortho intramolecular Hbond substituents is 1. The van der Waals surface area contributed by atoms with Crippen LogP contribution < -0.4 is 4.29 Å². The molecule has 0 bridgehead atoms. The van der Waals surface area contributed by atoms with Crippen molar-refractivity contribution in [2.24, 2.45) is 5.18 Å². The standard InChI is InChI=1S/C6H4ClNO3/c7-11-6-3-4(9)1-2-5(6)8-10/h1-3,9H. The maximum Gasteiger partial charge on any atom is 0.179 e. The number of nitroso groups, excluding NO2 is 1. The average Bonchev–Trinajstić information content (AvgIpc) is 2.04. The minimum atomic E-state index is -0.0342. The van der Waals surface area contributed by atoms with Crippen LogP contribution in [-0.2, 0) is 0 Å². The third-order valence-electron chi connectivity index (χ3n) is 1.12. The minimum absolute atomic E-state index is 0.0342. The lowest BCUT2D eigenvalue weighted by Crippen LogP contribution is -1.75. The van der Waals surface area contributed by atoms with Gasteiger partial charge >= 0.3 is 0 Å². The van der Waals surface area contributed by atoms with Gasteiger partial charge in [-0.25, -0.2) is 0 Å². The van der Waals surface area contributed by atoms with Crippen molar-refractivity contribution in [3.05, 3.63) is 23.1 Å². The Balaban J connectivity index is 3.16. The molecule has 1 aromatic carbocycles. The van der Waals surface area contributed by atoms with Gasteiger partial charge in [0, 0.05) is 6.07 Å². The zero-order chi connectivity index (χ0) is 8.27. The fourth-order valence-electron chi connectivity index (χ4n) is 0.640. The van der Waals surface area contributed by atoms with Gasteiger partial charge in [-0.05, 0) is 17.3 Å². The summed E-state index contributed by atoms with van der Waals surface area (Å²) in [5.74, 6) is 0.00900. The summed E-state index contributed by atoms with van der Waals surface area (Å²) in [7, 11) is 0. The van der Waals surface area contributed by atoms with Gasteiger partial charge in [-0.15, -0.1) is 4.91 Å². The molecule has 0 heterocycles. The maximum absolute atomic E-state index is 10.0. The first-order chi connectivity index (χ1) is 5.27. The van der Waals surface area contributed by atoms with E-state index in [0.29, 0.717) is 0 Å². The number of hydrogen-bond donors (Lipinski definition) is 1. The maximum atomic E-state index is 10.0. The molecule has 1 rings (SSSR count). The molecule has 0 atom stereocenters. The first kappa shape index (κ1) is 7.81. The Hall–Kier alpha value is -1.29. The second-order valence-corrected chi connectivity index (χ2v) is 1.97. The lowest BCUT2D eigenvalue weighted by atomic mass is 10.3. The number of nitrogens with zero attached hydrogens (tertiary/aromatic N) is 1. The summed E-state index contributed by atoms with van der Waals surface area (Å²) in [4.78, 5) is 10.0. The fourth-order valence-corrected chi connectivity index (χ4v) is 0.764. The van der Waals surface area contributed by atoms with Crippen molar-refractivity contribution in [2.75, 3.05) is 0 Å². The molecule has 0 amide bonds. The quantitative estimate of drug-likeness (QED) is 0.699. The van der Waals surface area contributed by atoms with Crippen LogP contribution >= 0.6 is 11.9 Å². The Morgan fingerprint density at radius 3 is 2.82 bits per heavy atom. The van der Waals surface area contributed by atoms with E-state index in [4.69, 9.17) is 17.0 Å². The number of aromatic hydroxyl groups is 1. The Bertz CT molecular complexity index is 277. The van der Waals surface area contributed by atoms with Crippen LogP contribution in [-0.4, -0.2) is 5.11 Å². The third kappa shape index (κ3) is 1.59. The van der Waals surface area contributed by atoms with Gasteiger partial charge in [-0.1, -0.05) is 0 Å². The van der Waals surface area contributed by atoms with Crippen molar-refractivity contribution in [3.8, 4) is 11.5 Å². The smallest absolute Gasteiger partial charge is 0.179 e. The van der Waals surface area contributed by atoms with Crippen LogP contribution in [0, 0.1) is 4.91 Å². The molecular weight excluding hydrogens is 170 g/mol. The molecule has 58 valence electrons. The van der Waals surface area contributed by atoms with E-state index in [9.17, 15) is 4.91 Å². The molecule has 0 aromatic heterocycles. The fraction of sp³-hybridized carbons (Fsp3) is 0. The van der Waals surface area contributed by atoms with Gasteiger partial charge in [-0.2, -0.15) is 0 Å². The molecule has 0 radical (unpaired) electrons. The lowest BCUT2D eigenvalue weighted by Gasteiger charge is -1.97. The summed E-state index contributed by atoms with van der Waals surface area (Å²) in [6.07, 6.45) is 0. The van der Waals surface area contributed by atoms with Crippen molar-refractivity contribution in [3.63, 3.8) is 0 Å². The zero-order valence-corrected chi connectivity index (χ0v) is 6.08. The summed E-state index contributed by atoms with van der Waals surface area (Å²) in [5, 5.41) is 11.5. The molecule has 1 aromatic rings. The van der Waals surface area contributed by atoms with E-state index >= 15 is 0 Å². The van der Waals surface area contributed by atoms with Crippen molar-refractivity contribution >= 4 is 17.6 Å². The molecule has 0 unspecified atom stereocenters. The van der Waals surface area contributed by atoms with Crippen LogP contribution in [0.15, 0.2) is 23.4 Å². The first-order valence-corrected chi connectivity index (χ1v) is 3.03. The number of rotatable bonds is 2. The van der Waals surface area contributed by atoms with E-state index in [1.807, 2.05) is 0 Å². The summed E-state index contributed by atoms with van der Waals surface area (Å²) in [6.45, 7) is 0. The molecule has 1 N–H and O–H groups in total. The SMILES string of the molecule is O=Nc1ccc(O)cc1OCl. The van der Waals surface area contributed by atoms with Crippen molar-refractivity contribution < 1.29 is 9.40 Å². The van der Waals surface area contributed by atoms with E-state index < -0.39 is 0 Å². The van der Waals surface area contributed by atoms with E-state index in [2.05, 4.69) is 9.47 Å². The second kappa shape index (κ2) is 3.21. The normalized spacial score (nSPS) is 9.18. The van der Waals surface area contributed by atoms with Crippen molar-refractivity contribution in [1.29, 1.82) is 0 Å². The molecule has 0 aliphatic carbocycles. The molecule has 5 heteroatoms. The van der Waals surface area contributed by atoms with Gasteiger partial charge in [0.1, 0.15) is 17.6 Å². The molecule has 0 fully saturated rings. The number of hydrogen-bond acceptors (Lipinski definition) is 4. The Kier molecular flexibility index (Phi) is 2.28. The molecule has 0 saturated carbocycles. The monoisotopic (exact) mass is 173 g/mol. The summed E-state index contributed by atoms with van der Waals surface area (Å²) >= 11 is 4.97. The van der Waals surface area contributed by atoms with Crippen LogP contribution in [0.2, 0.25) is 0 Å². The molecule has 11 heavy (non-hydrogen) atoms. The van der Waals surface area contributed by atoms with Gasteiger partial charge in [0.15, 0.2) is 11.4 Å². The predicted octanol–water partition coefficient (Wildman–Crippen LogP) is 2.32. The van der Waals surface area contributed by atoms with Gasteiger partial charge < -0.3 is 9.40 Å². The van der Waals surface area contributed by atoms with E-state index in [1.54, 1.807) is 0 Å². The molecule has 0 saturated heterocycles. The van der Waals surface area contributed by atoms with E-state index in [-0.39, 0.29) is 17.2 Å². The largest absolute Gasteiger partial charge is 0.508 e. The highest BCUT2D eigenvalue weighted by Crippen LogP contribution is 2.31. The minimum Gasteiger partial charge on any atom is -0.508 e. The number of benzene rings is 1. The van der Waals surface area contributed by atoms with Crippen LogP contribution in [0.5, 0.6) is 11.5 Å². The average molecular weight is 174 g/mol. The third-order valence-corrected chi connectivity index (χ3v) is 1.29. The zero-order valence-electron chi connectivity index (χ0n) is 5.32. The van der Waals surface area contributed by atoms with Crippen LogP contribution in [0.1, 0.15) is 0 Å². The summed E-state index contributed by atoms with van der Waals surface area (Å²) < 4.78 is 4.24. The first-order valence-electron chi connectivity index (χ1n) is 2.73. The number of phenols is 1. The van der Waals surface area contributed by atoms with E-state index in [1.165, 1.54) is 18.2 Å². The Labute approximate surface area is 67.5 Å². The van der Waals surface area contributed by atoms with Crippen molar-refractivity contribution in [1.82, 2.24) is 0 Å². The lowest BCUT2D eigenvalue weighted by molar-refractivity contribution is 0.471. The van der Waals surface area contributed by atoms with E-state index in [0.717, 1.165) is 0 Å². The second-order valence-electron chi connectivity index (χ2n) is 1.82. The van der Waals surface area contributed by atoms with Gasteiger partial charge in [-0.3, -0.25) is 0 Å². The molecular formula is C6H4ClNO3. The topological polar surface area (TPSA) is 58.9 Å². The molecule has 4 nitrogen and oxygen atoms in total. The van der Waals surface area contributed by atoms with Gasteiger partial charge in [0.05, 0.1) is 0 Å². The highest BCUT2D eigenvalue weighted by atomic mass is 35.5. The Morgan fingerprint density at radius 2 is 2.27 bits per heavy atom. The van der Waals surface area contributed by atoms with Crippen LogP contribution in [0.25, 0.3) is 0 Å². The number of halogens is 1. The molecule has 0 spiro atoms. The van der Waals surface area contributed by atoms with Gasteiger partial charge in [0.2, 0.25) is 0 Å². The molecule has 0 aliphatic rings. The summed E-state index contributed by atoms with van der Waals surface area (Å²) in [5.41, 5.74) is 0.0535. The predicted molar refractivity (Wildman–Crippen MR) is 40.0 cm³/mol.